The molecule has 70 valence electrons. The molecule has 3 heteroatoms. The molecule has 0 aliphatic rings. The average Bonchev–Trinajstić information content (AvgIpc) is 2.18. The number of amides is 1. The van der Waals surface area contributed by atoms with E-state index in [1.54, 1.807) is 6.07 Å². The monoisotopic (exact) mass is 251 g/mol. The first kappa shape index (κ1) is 9.25. The van der Waals surface area contributed by atoms with Crippen LogP contribution in [0.5, 0.6) is 0 Å². The summed E-state index contributed by atoms with van der Waals surface area (Å²) in [5.74, 6) is -0.381. The summed E-state index contributed by atoms with van der Waals surface area (Å²) in [7, 11) is 0. The predicted molar refractivity (Wildman–Crippen MR) is 59.2 cm³/mol. The zero-order valence-corrected chi connectivity index (χ0v) is 9.27. The van der Waals surface area contributed by atoms with Crippen LogP contribution in [0.2, 0.25) is 0 Å². The Morgan fingerprint density at radius 1 is 1.07 bits per heavy atom. The Bertz CT molecular complexity index is 508. The number of nitrogens with two attached hydrogens (primary N) is 1. The third kappa shape index (κ3) is 1.41. The van der Waals surface area contributed by atoms with Crippen molar-refractivity contribution in [1.82, 2.24) is 0 Å². The van der Waals surface area contributed by atoms with E-state index in [2.05, 4.69) is 16.0 Å². The molecule has 0 bridgehead atoms. The Balaban J connectivity index is 2.88. The van der Waals surface area contributed by atoms with Crippen LogP contribution in [0.15, 0.2) is 36.4 Å². The van der Waals surface area contributed by atoms with Crippen LogP contribution in [-0.2, 0) is 0 Å². The van der Waals surface area contributed by atoms with E-state index in [4.69, 9.17) is 5.73 Å². The van der Waals surface area contributed by atoms with Gasteiger partial charge in [-0.05, 0) is 0 Å². The van der Waals surface area contributed by atoms with Gasteiger partial charge in [0.25, 0.3) is 0 Å². The van der Waals surface area contributed by atoms with Crippen LogP contribution in [0.1, 0.15) is 10.4 Å². The van der Waals surface area contributed by atoms with Gasteiger partial charge in [0.15, 0.2) is 0 Å². The van der Waals surface area contributed by atoms with Crippen molar-refractivity contribution in [3.8, 4) is 0 Å². The van der Waals surface area contributed by atoms with Gasteiger partial charge >= 0.3 is 89.6 Å². The summed E-state index contributed by atoms with van der Waals surface area (Å²) in [6.45, 7) is 0. The van der Waals surface area contributed by atoms with E-state index in [1.807, 2.05) is 30.3 Å². The summed E-state index contributed by atoms with van der Waals surface area (Å²) in [5, 5.41) is 1.97. The molecule has 0 aliphatic carbocycles. The molecule has 2 rings (SSSR count). The summed E-state index contributed by atoms with van der Waals surface area (Å²) in [5.41, 5.74) is 5.86. The Morgan fingerprint density at radius 3 is 2.36 bits per heavy atom. The molecule has 0 unspecified atom stereocenters. The van der Waals surface area contributed by atoms with Crippen LogP contribution in [0.4, 0.5) is 0 Å². The van der Waals surface area contributed by atoms with E-state index in [9.17, 15) is 4.79 Å². The minimum atomic E-state index is -0.381. The molecule has 0 fully saturated rings. The zero-order chi connectivity index (χ0) is 10.1. The first-order chi connectivity index (χ1) is 6.70. The molecule has 2 aromatic carbocycles. The SMILES string of the molecule is NC(=O)c1ccc([SeH])c2ccccc12. The zero-order valence-electron chi connectivity index (χ0n) is 7.40. The molecule has 0 spiro atoms. The van der Waals surface area contributed by atoms with Crippen molar-refractivity contribution in [1.29, 1.82) is 0 Å². The molecule has 0 aliphatic heterocycles. The van der Waals surface area contributed by atoms with Gasteiger partial charge in [-0.3, -0.25) is 0 Å². The van der Waals surface area contributed by atoms with Crippen molar-refractivity contribution in [2.24, 2.45) is 5.73 Å². The fourth-order valence-corrected chi connectivity index (χ4v) is 2.06. The summed E-state index contributed by atoms with van der Waals surface area (Å²) in [4.78, 5) is 11.1. The number of benzene rings is 2. The van der Waals surface area contributed by atoms with Gasteiger partial charge in [0.1, 0.15) is 0 Å². The molecule has 0 saturated heterocycles. The van der Waals surface area contributed by atoms with Crippen molar-refractivity contribution in [2.75, 3.05) is 0 Å². The molecule has 0 aromatic heterocycles. The van der Waals surface area contributed by atoms with Crippen LogP contribution < -0.4 is 10.2 Å². The Labute approximate surface area is 89.9 Å². The number of fused-ring (bicyclic) bond motifs is 1. The van der Waals surface area contributed by atoms with Crippen LogP contribution >= 0.6 is 0 Å². The van der Waals surface area contributed by atoms with Gasteiger partial charge in [-0.1, -0.05) is 0 Å². The fraction of sp³-hybridized carbons (Fsp3) is 0. The normalized spacial score (nSPS) is 10.4. The molecule has 2 N–H and O–H groups in total. The maximum absolute atomic E-state index is 11.1. The molecule has 2 nitrogen and oxygen atoms in total. The van der Waals surface area contributed by atoms with Crippen molar-refractivity contribution >= 4 is 37.2 Å². The number of hydrogen-bond donors (Lipinski definition) is 1. The van der Waals surface area contributed by atoms with Gasteiger partial charge in [-0.2, -0.15) is 0 Å². The van der Waals surface area contributed by atoms with E-state index in [1.165, 1.54) is 0 Å². The molecular formula is C11H9NOSe. The minimum absolute atomic E-state index is 0.381. The number of hydrogen-bond acceptors (Lipinski definition) is 1. The van der Waals surface area contributed by atoms with Crippen LogP contribution in [0.25, 0.3) is 10.8 Å². The molecule has 0 atom stereocenters. The first-order valence-electron chi connectivity index (χ1n) is 4.20. The van der Waals surface area contributed by atoms with Crippen molar-refractivity contribution in [3.05, 3.63) is 42.0 Å². The summed E-state index contributed by atoms with van der Waals surface area (Å²) >= 11 is 2.49. The van der Waals surface area contributed by atoms with Gasteiger partial charge < -0.3 is 0 Å². The second kappa shape index (κ2) is 3.45. The quantitative estimate of drug-likeness (QED) is 0.734. The Kier molecular flexibility index (Phi) is 2.28. The van der Waals surface area contributed by atoms with Gasteiger partial charge in [0.2, 0.25) is 0 Å². The number of carbonyl (C=O) groups is 1. The number of rotatable bonds is 1. The van der Waals surface area contributed by atoms with Gasteiger partial charge in [-0.25, -0.2) is 0 Å². The van der Waals surface area contributed by atoms with E-state index in [-0.39, 0.29) is 5.91 Å². The first-order valence-corrected chi connectivity index (χ1v) is 5.14. The second-order valence-electron chi connectivity index (χ2n) is 3.04. The molecule has 0 radical (unpaired) electrons. The molecule has 2 aromatic rings. The summed E-state index contributed by atoms with van der Waals surface area (Å²) < 4.78 is 1.10. The van der Waals surface area contributed by atoms with E-state index in [0.717, 1.165) is 15.2 Å². The van der Waals surface area contributed by atoms with Crippen molar-refractivity contribution in [3.63, 3.8) is 0 Å². The topological polar surface area (TPSA) is 43.1 Å². The summed E-state index contributed by atoms with van der Waals surface area (Å²) in [6.07, 6.45) is 0. The van der Waals surface area contributed by atoms with E-state index in [0.29, 0.717) is 5.56 Å². The number of carbonyl (C=O) groups excluding carboxylic acids is 1. The third-order valence-electron chi connectivity index (χ3n) is 2.17. The van der Waals surface area contributed by atoms with E-state index >= 15 is 0 Å². The summed E-state index contributed by atoms with van der Waals surface area (Å²) in [6, 6.07) is 11.4. The molecular weight excluding hydrogens is 241 g/mol. The standard InChI is InChI=1S/C11H9NOSe/c12-11(13)9-5-6-10(14)8-4-2-1-3-7(8)9/h1-6,14H,(H2,12,13). The Hall–Kier alpha value is -1.31. The van der Waals surface area contributed by atoms with Crippen molar-refractivity contribution in [2.45, 2.75) is 0 Å². The number of primary amides is 1. The fourth-order valence-electron chi connectivity index (χ4n) is 1.50. The Morgan fingerprint density at radius 2 is 1.71 bits per heavy atom. The molecule has 14 heavy (non-hydrogen) atoms. The van der Waals surface area contributed by atoms with Gasteiger partial charge in [0, 0.05) is 0 Å². The average molecular weight is 250 g/mol. The van der Waals surface area contributed by atoms with Crippen LogP contribution in [-0.4, -0.2) is 21.9 Å². The molecule has 0 saturated carbocycles. The van der Waals surface area contributed by atoms with Crippen LogP contribution in [0, 0.1) is 0 Å². The molecule has 1 amide bonds. The van der Waals surface area contributed by atoms with Crippen molar-refractivity contribution < 1.29 is 4.79 Å². The third-order valence-corrected chi connectivity index (χ3v) is 2.98. The van der Waals surface area contributed by atoms with Gasteiger partial charge in [-0.15, -0.1) is 0 Å². The molecule has 0 heterocycles. The van der Waals surface area contributed by atoms with Gasteiger partial charge in [0.05, 0.1) is 0 Å². The van der Waals surface area contributed by atoms with Crippen LogP contribution in [0.3, 0.4) is 0 Å². The maximum atomic E-state index is 11.1. The van der Waals surface area contributed by atoms with E-state index < -0.39 is 0 Å². The second-order valence-corrected chi connectivity index (χ2v) is 4.05. The predicted octanol–water partition coefficient (Wildman–Crippen LogP) is 0.465.